The summed E-state index contributed by atoms with van der Waals surface area (Å²) in [5.41, 5.74) is 2.86. The number of rotatable bonds is 8. The number of ether oxygens (including phenoxy) is 1. The van der Waals surface area contributed by atoms with Crippen molar-refractivity contribution in [3.63, 3.8) is 0 Å². The van der Waals surface area contributed by atoms with Crippen molar-refractivity contribution in [1.82, 2.24) is 10.2 Å². The predicted molar refractivity (Wildman–Crippen MR) is 146 cm³/mol. The first-order valence-corrected chi connectivity index (χ1v) is 12.7. The van der Waals surface area contributed by atoms with Crippen molar-refractivity contribution in [2.75, 3.05) is 11.9 Å². The number of alkyl carbamates (subject to hydrolysis) is 1. The minimum atomic E-state index is -1.29. The Morgan fingerprint density at radius 1 is 1.13 bits per heavy atom. The summed E-state index contributed by atoms with van der Waals surface area (Å²) in [7, 11) is 0. The molecule has 1 saturated carbocycles. The van der Waals surface area contributed by atoms with E-state index < -0.39 is 42.2 Å². The van der Waals surface area contributed by atoms with E-state index in [0.717, 1.165) is 11.1 Å². The second-order valence-electron chi connectivity index (χ2n) is 10.8. The van der Waals surface area contributed by atoms with Gasteiger partial charge in [0.15, 0.2) is 0 Å². The van der Waals surface area contributed by atoms with Gasteiger partial charge in [-0.2, -0.15) is 0 Å². The second kappa shape index (κ2) is 11.7. The number of hydrogen-bond acceptors (Lipinski definition) is 5. The number of carbonyl (C=O) groups is 3. The minimum absolute atomic E-state index is 0.139. The molecule has 0 saturated heterocycles. The Labute approximate surface area is 224 Å². The molecule has 1 aliphatic carbocycles. The molecule has 2 aromatic carbocycles. The molecule has 8 nitrogen and oxygen atoms in total. The third kappa shape index (κ3) is 6.93. The molecule has 8 heteroatoms. The van der Waals surface area contributed by atoms with Crippen LogP contribution in [0.25, 0.3) is 0 Å². The molecule has 1 fully saturated rings. The van der Waals surface area contributed by atoms with Crippen LogP contribution in [0.5, 0.6) is 0 Å². The number of nitrogens with one attached hydrogen (secondary N) is 2. The molecule has 0 aromatic heterocycles. The molecular weight excluding hydrogens is 482 g/mol. The predicted octanol–water partition coefficient (Wildman–Crippen LogP) is 4.09. The minimum Gasteiger partial charge on any atom is -0.444 e. The SMILES string of the molecule is C#Cc1ccc(C(C(=O)Nc2c(C)cccc2C)N(C(=O)C(CO)NC(=O)OC(C)(C)C)C2CC2C)cc1. The highest BCUT2D eigenvalue weighted by Crippen LogP contribution is 2.41. The van der Waals surface area contributed by atoms with Crippen molar-refractivity contribution in [3.8, 4) is 12.3 Å². The summed E-state index contributed by atoms with van der Waals surface area (Å²) >= 11 is 0. The summed E-state index contributed by atoms with van der Waals surface area (Å²) in [5, 5.41) is 15.6. The lowest BCUT2D eigenvalue weighted by atomic mass is 10.00. The van der Waals surface area contributed by atoms with Crippen LogP contribution in [0.4, 0.5) is 10.5 Å². The Bertz CT molecular complexity index is 1210. The Balaban J connectivity index is 2.03. The highest BCUT2D eigenvalue weighted by molar-refractivity contribution is 6.00. The van der Waals surface area contributed by atoms with Gasteiger partial charge in [-0.1, -0.05) is 43.2 Å². The molecule has 38 heavy (non-hydrogen) atoms. The van der Waals surface area contributed by atoms with E-state index in [2.05, 4.69) is 16.6 Å². The van der Waals surface area contributed by atoms with Crippen molar-refractivity contribution in [1.29, 1.82) is 0 Å². The number of terminal acetylenes is 1. The molecule has 3 rings (SSSR count). The average Bonchev–Trinajstić information content (AvgIpc) is 3.57. The monoisotopic (exact) mass is 519 g/mol. The number of aliphatic hydroxyl groups excluding tert-OH is 1. The van der Waals surface area contributed by atoms with Gasteiger partial charge < -0.3 is 25.4 Å². The maximum Gasteiger partial charge on any atom is 0.408 e. The van der Waals surface area contributed by atoms with E-state index in [-0.39, 0.29) is 12.0 Å². The molecule has 3 N–H and O–H groups in total. The Morgan fingerprint density at radius 2 is 1.71 bits per heavy atom. The Kier molecular flexibility index (Phi) is 8.85. The molecule has 202 valence electrons. The molecule has 0 heterocycles. The lowest BCUT2D eigenvalue weighted by Gasteiger charge is -2.35. The average molecular weight is 520 g/mol. The van der Waals surface area contributed by atoms with Gasteiger partial charge in [0.2, 0.25) is 5.91 Å². The van der Waals surface area contributed by atoms with E-state index in [0.29, 0.717) is 23.2 Å². The number of benzene rings is 2. The van der Waals surface area contributed by atoms with E-state index >= 15 is 0 Å². The van der Waals surface area contributed by atoms with E-state index in [1.165, 1.54) is 4.90 Å². The van der Waals surface area contributed by atoms with Crippen molar-refractivity contribution >= 4 is 23.6 Å². The van der Waals surface area contributed by atoms with Gasteiger partial charge in [-0.15, -0.1) is 6.42 Å². The molecule has 0 bridgehead atoms. The lowest BCUT2D eigenvalue weighted by Crippen LogP contribution is -2.54. The van der Waals surface area contributed by atoms with Gasteiger partial charge in [0, 0.05) is 17.3 Å². The fourth-order valence-corrected chi connectivity index (χ4v) is 4.39. The molecular formula is C30H37N3O5. The molecule has 0 spiro atoms. The molecule has 3 amide bonds. The van der Waals surface area contributed by atoms with Crippen LogP contribution >= 0.6 is 0 Å². The lowest BCUT2D eigenvalue weighted by molar-refractivity contribution is -0.142. The van der Waals surface area contributed by atoms with Crippen LogP contribution in [0, 0.1) is 32.1 Å². The smallest absolute Gasteiger partial charge is 0.408 e. The van der Waals surface area contributed by atoms with Crippen molar-refractivity contribution in [2.45, 2.75) is 71.7 Å². The normalized spacial score (nSPS) is 17.9. The summed E-state index contributed by atoms with van der Waals surface area (Å²) in [6.45, 7) is 10.2. The number of amides is 3. The van der Waals surface area contributed by atoms with Crippen LogP contribution in [0.3, 0.4) is 0 Å². The largest absolute Gasteiger partial charge is 0.444 e. The number of nitrogens with zero attached hydrogens (tertiary/aromatic N) is 1. The number of para-hydroxylation sites is 1. The Hall–Kier alpha value is -3.83. The number of aryl methyl sites for hydroxylation is 2. The summed E-state index contributed by atoms with van der Waals surface area (Å²) in [6.07, 6.45) is 5.39. The summed E-state index contributed by atoms with van der Waals surface area (Å²) < 4.78 is 5.29. The van der Waals surface area contributed by atoms with E-state index in [4.69, 9.17) is 11.2 Å². The standard InChI is InChI=1S/C30H37N3O5/c1-8-21-12-14-22(15-13-21)26(27(35)32-25-18(2)10-9-11-19(25)3)33(24-16-20(24)4)28(36)23(17-34)31-29(37)38-30(5,6)7/h1,9-15,20,23-24,26,34H,16-17H2,2-7H3,(H,31,37)(H,32,35). The van der Waals surface area contributed by atoms with Gasteiger partial charge in [-0.3, -0.25) is 9.59 Å². The van der Waals surface area contributed by atoms with Gasteiger partial charge >= 0.3 is 6.09 Å². The Morgan fingerprint density at radius 3 is 2.18 bits per heavy atom. The number of aliphatic hydroxyl groups is 1. The van der Waals surface area contributed by atoms with Crippen molar-refractivity contribution in [2.24, 2.45) is 5.92 Å². The van der Waals surface area contributed by atoms with Crippen LogP contribution in [-0.2, 0) is 14.3 Å². The topological polar surface area (TPSA) is 108 Å². The molecule has 4 atom stereocenters. The summed E-state index contributed by atoms with van der Waals surface area (Å²) in [5.74, 6) is 1.72. The molecule has 0 aliphatic heterocycles. The first-order valence-electron chi connectivity index (χ1n) is 12.7. The highest BCUT2D eigenvalue weighted by Gasteiger charge is 2.48. The number of hydrogen-bond donors (Lipinski definition) is 3. The van der Waals surface area contributed by atoms with Crippen LogP contribution in [0.15, 0.2) is 42.5 Å². The van der Waals surface area contributed by atoms with Crippen molar-refractivity contribution in [3.05, 3.63) is 64.7 Å². The zero-order valence-corrected chi connectivity index (χ0v) is 22.9. The zero-order chi connectivity index (χ0) is 28.2. The fourth-order valence-electron chi connectivity index (χ4n) is 4.39. The van der Waals surface area contributed by atoms with Gasteiger partial charge in [0.1, 0.15) is 17.7 Å². The molecule has 2 aromatic rings. The van der Waals surface area contributed by atoms with Crippen LogP contribution in [0.2, 0.25) is 0 Å². The molecule has 4 unspecified atom stereocenters. The van der Waals surface area contributed by atoms with Gasteiger partial charge in [-0.05, 0) is 75.8 Å². The molecule has 0 radical (unpaired) electrons. The van der Waals surface area contributed by atoms with Crippen molar-refractivity contribution < 1.29 is 24.2 Å². The third-order valence-corrected chi connectivity index (χ3v) is 6.50. The first-order chi connectivity index (χ1) is 17.9. The highest BCUT2D eigenvalue weighted by atomic mass is 16.6. The quantitative estimate of drug-likeness (QED) is 0.456. The van der Waals surface area contributed by atoms with Crippen LogP contribution in [-0.4, -0.2) is 52.2 Å². The maximum absolute atomic E-state index is 14.0. The fraction of sp³-hybridized carbons (Fsp3) is 0.433. The van der Waals surface area contributed by atoms with Gasteiger partial charge in [0.25, 0.3) is 5.91 Å². The first kappa shape index (κ1) is 28.7. The second-order valence-corrected chi connectivity index (χ2v) is 10.8. The maximum atomic E-state index is 14.0. The third-order valence-electron chi connectivity index (χ3n) is 6.50. The molecule has 1 aliphatic rings. The van der Waals surface area contributed by atoms with Crippen LogP contribution < -0.4 is 10.6 Å². The van der Waals surface area contributed by atoms with E-state index in [1.807, 2.05) is 39.0 Å². The van der Waals surface area contributed by atoms with Gasteiger partial charge in [-0.25, -0.2) is 4.79 Å². The summed E-state index contributed by atoms with van der Waals surface area (Å²) in [4.78, 5) is 41.8. The zero-order valence-electron chi connectivity index (χ0n) is 22.9. The van der Waals surface area contributed by atoms with Gasteiger partial charge in [0.05, 0.1) is 6.61 Å². The van der Waals surface area contributed by atoms with Crippen LogP contribution in [0.1, 0.15) is 62.4 Å². The summed E-state index contributed by atoms with van der Waals surface area (Å²) in [6, 6.07) is 10.0. The van der Waals surface area contributed by atoms with E-state index in [9.17, 15) is 19.5 Å². The number of anilines is 1. The van der Waals surface area contributed by atoms with E-state index in [1.54, 1.807) is 45.0 Å². The number of carbonyl (C=O) groups excluding carboxylic acids is 3.